The molecule has 1 aromatic heterocycles. The molecule has 0 bridgehead atoms. The van der Waals surface area contributed by atoms with Gasteiger partial charge in [-0.1, -0.05) is 59.0 Å². The van der Waals surface area contributed by atoms with Crippen molar-refractivity contribution in [3.63, 3.8) is 0 Å². The van der Waals surface area contributed by atoms with E-state index in [0.717, 1.165) is 11.4 Å². The number of hydrogen-bond acceptors (Lipinski definition) is 7. The number of carbonyl (C=O) groups excluding carboxylic acids is 1. The predicted molar refractivity (Wildman–Crippen MR) is 114 cm³/mol. The van der Waals surface area contributed by atoms with E-state index in [9.17, 15) is 4.79 Å². The molecule has 6 nitrogen and oxygen atoms in total. The standard InChI is InChI=1S/C19H16ClN5OS2/c20-14-6-4-7-15(12-14)22-18-23-24-19(28-18)27-13-17(26)25(11-5-10-21)16-8-2-1-3-9-16/h1-4,6-9,12H,5,11,13H2,(H,22,23). The van der Waals surface area contributed by atoms with Crippen LogP contribution in [0.4, 0.5) is 16.5 Å². The maximum absolute atomic E-state index is 12.7. The molecule has 9 heteroatoms. The molecule has 0 fully saturated rings. The third kappa shape index (κ3) is 5.70. The van der Waals surface area contributed by atoms with E-state index in [4.69, 9.17) is 16.9 Å². The molecule has 0 saturated carbocycles. The van der Waals surface area contributed by atoms with Gasteiger partial charge in [0.2, 0.25) is 11.0 Å². The number of hydrogen-bond donors (Lipinski definition) is 1. The first-order valence-corrected chi connectivity index (χ1v) is 10.5. The van der Waals surface area contributed by atoms with Crippen molar-refractivity contribution in [3.05, 3.63) is 59.6 Å². The van der Waals surface area contributed by atoms with Crippen LogP contribution in [0.5, 0.6) is 0 Å². The second-order valence-electron chi connectivity index (χ2n) is 5.59. The Kier molecular flexibility index (Phi) is 7.25. The molecule has 3 aromatic rings. The molecule has 28 heavy (non-hydrogen) atoms. The minimum atomic E-state index is -0.0778. The lowest BCUT2D eigenvalue weighted by molar-refractivity contribution is -0.116. The van der Waals surface area contributed by atoms with Crippen LogP contribution in [0.15, 0.2) is 58.9 Å². The average molecular weight is 430 g/mol. The number of nitriles is 1. The summed E-state index contributed by atoms with van der Waals surface area (Å²) in [6, 6.07) is 18.8. The van der Waals surface area contributed by atoms with Crippen LogP contribution in [0.1, 0.15) is 6.42 Å². The molecule has 0 aliphatic heterocycles. The van der Waals surface area contributed by atoms with Gasteiger partial charge in [0, 0.05) is 22.9 Å². The molecule has 1 amide bonds. The van der Waals surface area contributed by atoms with Crippen LogP contribution in [-0.4, -0.2) is 28.4 Å². The highest BCUT2D eigenvalue weighted by Crippen LogP contribution is 2.29. The van der Waals surface area contributed by atoms with Gasteiger partial charge in [0.05, 0.1) is 18.2 Å². The van der Waals surface area contributed by atoms with E-state index in [1.165, 1.54) is 23.1 Å². The van der Waals surface area contributed by atoms with Gasteiger partial charge in [-0.3, -0.25) is 4.79 Å². The molecule has 3 rings (SSSR count). The molecular formula is C19H16ClN5OS2. The minimum Gasteiger partial charge on any atom is -0.330 e. The van der Waals surface area contributed by atoms with Gasteiger partial charge in [-0.05, 0) is 30.3 Å². The van der Waals surface area contributed by atoms with E-state index >= 15 is 0 Å². The summed E-state index contributed by atoms with van der Waals surface area (Å²) in [6.45, 7) is 0.359. The van der Waals surface area contributed by atoms with E-state index in [-0.39, 0.29) is 18.1 Å². The summed E-state index contributed by atoms with van der Waals surface area (Å²) in [6.07, 6.45) is 0.276. The highest BCUT2D eigenvalue weighted by molar-refractivity contribution is 8.01. The fourth-order valence-corrected chi connectivity index (χ4v) is 4.22. The maximum Gasteiger partial charge on any atom is 0.237 e. The normalized spacial score (nSPS) is 10.3. The van der Waals surface area contributed by atoms with E-state index in [1.54, 1.807) is 17.0 Å². The second kappa shape index (κ2) is 10.1. The lowest BCUT2D eigenvalue weighted by Gasteiger charge is -2.21. The molecule has 2 aromatic carbocycles. The third-order valence-electron chi connectivity index (χ3n) is 3.62. The number of thioether (sulfide) groups is 1. The molecular weight excluding hydrogens is 414 g/mol. The highest BCUT2D eigenvalue weighted by atomic mass is 35.5. The van der Waals surface area contributed by atoms with Crippen molar-refractivity contribution in [1.29, 1.82) is 5.26 Å². The van der Waals surface area contributed by atoms with Gasteiger partial charge in [-0.2, -0.15) is 5.26 Å². The van der Waals surface area contributed by atoms with Gasteiger partial charge in [0.1, 0.15) is 0 Å². The van der Waals surface area contributed by atoms with Crippen molar-refractivity contribution >= 4 is 57.1 Å². The maximum atomic E-state index is 12.7. The number of amides is 1. The number of nitrogens with zero attached hydrogens (tertiary/aromatic N) is 4. The van der Waals surface area contributed by atoms with E-state index in [0.29, 0.717) is 21.0 Å². The summed E-state index contributed by atoms with van der Waals surface area (Å²) in [4.78, 5) is 14.3. The van der Waals surface area contributed by atoms with Gasteiger partial charge < -0.3 is 10.2 Å². The Hall–Kier alpha value is -2.60. The number of anilines is 3. The Bertz CT molecular complexity index is 974. The lowest BCUT2D eigenvalue weighted by atomic mass is 10.2. The number of aromatic nitrogens is 2. The molecule has 0 saturated heterocycles. The van der Waals surface area contributed by atoms with Crippen LogP contribution >= 0.6 is 34.7 Å². The van der Waals surface area contributed by atoms with Crippen molar-refractivity contribution in [3.8, 4) is 6.07 Å². The highest BCUT2D eigenvalue weighted by Gasteiger charge is 2.17. The number of nitrogens with one attached hydrogen (secondary N) is 1. The van der Waals surface area contributed by atoms with Crippen molar-refractivity contribution in [2.45, 2.75) is 10.8 Å². The van der Waals surface area contributed by atoms with Crippen LogP contribution < -0.4 is 10.2 Å². The summed E-state index contributed by atoms with van der Waals surface area (Å²) in [7, 11) is 0. The van der Waals surface area contributed by atoms with Gasteiger partial charge in [-0.15, -0.1) is 10.2 Å². The van der Waals surface area contributed by atoms with Gasteiger partial charge in [-0.25, -0.2) is 0 Å². The Morgan fingerprint density at radius 3 is 2.79 bits per heavy atom. The molecule has 142 valence electrons. The Morgan fingerprint density at radius 2 is 2.04 bits per heavy atom. The Labute approximate surface area is 176 Å². The van der Waals surface area contributed by atoms with E-state index in [2.05, 4.69) is 21.6 Å². The molecule has 0 aliphatic rings. The van der Waals surface area contributed by atoms with Crippen LogP contribution in [0.2, 0.25) is 5.02 Å². The van der Waals surface area contributed by atoms with Crippen molar-refractivity contribution in [1.82, 2.24) is 10.2 Å². The van der Waals surface area contributed by atoms with Gasteiger partial charge in [0.15, 0.2) is 4.34 Å². The number of carbonyl (C=O) groups is 1. The molecule has 1 N–H and O–H groups in total. The summed E-state index contributed by atoms with van der Waals surface area (Å²) < 4.78 is 0.686. The van der Waals surface area contributed by atoms with E-state index in [1.807, 2.05) is 42.5 Å². The first-order valence-electron chi connectivity index (χ1n) is 8.37. The largest absolute Gasteiger partial charge is 0.330 e. The van der Waals surface area contributed by atoms with Crippen molar-refractivity contribution < 1.29 is 4.79 Å². The fourth-order valence-electron chi connectivity index (χ4n) is 2.38. The Morgan fingerprint density at radius 1 is 1.21 bits per heavy atom. The zero-order valence-electron chi connectivity index (χ0n) is 14.7. The first-order chi connectivity index (χ1) is 13.7. The summed E-state index contributed by atoms with van der Waals surface area (Å²) >= 11 is 8.67. The van der Waals surface area contributed by atoms with Crippen LogP contribution in [-0.2, 0) is 4.79 Å². The minimum absolute atomic E-state index is 0.0778. The predicted octanol–water partition coefficient (Wildman–Crippen LogP) is 4.97. The first kappa shape index (κ1) is 20.1. The topological polar surface area (TPSA) is 81.9 Å². The zero-order valence-corrected chi connectivity index (χ0v) is 17.1. The van der Waals surface area contributed by atoms with E-state index < -0.39 is 0 Å². The SMILES string of the molecule is N#CCCN(C(=O)CSc1nnc(Nc2cccc(Cl)c2)s1)c1ccccc1. The molecule has 0 radical (unpaired) electrons. The Balaban J connectivity index is 1.60. The summed E-state index contributed by atoms with van der Waals surface area (Å²) in [5.41, 5.74) is 1.60. The third-order valence-corrected chi connectivity index (χ3v) is 5.81. The molecule has 0 unspecified atom stereocenters. The quantitative estimate of drug-likeness (QED) is 0.509. The zero-order chi connectivity index (χ0) is 19.8. The van der Waals surface area contributed by atoms with Gasteiger partial charge in [0.25, 0.3) is 0 Å². The fraction of sp³-hybridized carbons (Fsp3) is 0.158. The number of para-hydroxylation sites is 1. The van der Waals surface area contributed by atoms with Crippen molar-refractivity contribution in [2.24, 2.45) is 0 Å². The number of benzene rings is 2. The monoisotopic (exact) mass is 429 g/mol. The van der Waals surface area contributed by atoms with Crippen LogP contribution in [0.3, 0.4) is 0 Å². The van der Waals surface area contributed by atoms with Gasteiger partial charge >= 0.3 is 0 Å². The second-order valence-corrected chi connectivity index (χ2v) is 8.22. The summed E-state index contributed by atoms with van der Waals surface area (Å²) in [5, 5.41) is 21.5. The number of halogens is 1. The lowest BCUT2D eigenvalue weighted by Crippen LogP contribution is -2.33. The van der Waals surface area contributed by atoms with Crippen LogP contribution in [0, 0.1) is 11.3 Å². The molecule has 0 atom stereocenters. The van der Waals surface area contributed by atoms with Crippen LogP contribution in [0.25, 0.3) is 0 Å². The summed E-state index contributed by atoms with van der Waals surface area (Å²) in [5.74, 6) is 0.137. The smallest absolute Gasteiger partial charge is 0.237 e. The average Bonchev–Trinajstić information content (AvgIpc) is 3.15. The molecule has 1 heterocycles. The number of rotatable bonds is 8. The molecule has 0 spiro atoms. The van der Waals surface area contributed by atoms with Crippen molar-refractivity contribution in [2.75, 3.05) is 22.5 Å². The molecule has 0 aliphatic carbocycles.